The van der Waals surface area contributed by atoms with E-state index in [1.807, 2.05) is 12.1 Å². The van der Waals surface area contributed by atoms with Crippen molar-refractivity contribution in [1.29, 1.82) is 0 Å². The highest BCUT2D eigenvalue weighted by Gasteiger charge is 2.28. The fourth-order valence-electron chi connectivity index (χ4n) is 3.25. The molecule has 2 aromatic rings. The summed E-state index contributed by atoms with van der Waals surface area (Å²) in [5.74, 6) is -0.383. The summed E-state index contributed by atoms with van der Waals surface area (Å²) in [6, 6.07) is 10.4. The monoisotopic (exact) mass is 462 g/mol. The Kier molecular flexibility index (Phi) is 7.09. The van der Waals surface area contributed by atoms with E-state index in [4.69, 9.17) is 9.15 Å². The van der Waals surface area contributed by atoms with E-state index in [2.05, 4.69) is 21.2 Å². The smallest absolute Gasteiger partial charge is 0.309 e. The van der Waals surface area contributed by atoms with Gasteiger partial charge in [-0.3, -0.25) is 14.4 Å². The lowest BCUT2D eigenvalue weighted by atomic mass is 9.96. The van der Waals surface area contributed by atoms with Crippen molar-refractivity contribution in [3.63, 3.8) is 0 Å². The predicted molar refractivity (Wildman–Crippen MR) is 110 cm³/mol. The number of carbonyl (C=O) groups excluding carboxylic acids is 3. The van der Waals surface area contributed by atoms with Gasteiger partial charge in [-0.2, -0.15) is 0 Å². The largest absolute Gasteiger partial charge is 0.466 e. The molecule has 1 aromatic heterocycles. The van der Waals surface area contributed by atoms with E-state index < -0.39 is 0 Å². The summed E-state index contributed by atoms with van der Waals surface area (Å²) in [5, 5.41) is 2.75. The van der Waals surface area contributed by atoms with Gasteiger partial charge in [0.1, 0.15) is 0 Å². The van der Waals surface area contributed by atoms with Crippen LogP contribution in [0.4, 0.5) is 5.69 Å². The Morgan fingerprint density at radius 1 is 1.14 bits per heavy atom. The zero-order valence-corrected chi connectivity index (χ0v) is 17.7. The minimum absolute atomic E-state index is 0.0320. The molecule has 1 N–H and O–H groups in total. The molecule has 2 amide bonds. The van der Waals surface area contributed by atoms with Crippen LogP contribution < -0.4 is 5.32 Å². The molecule has 1 aromatic carbocycles. The molecule has 2 heterocycles. The Bertz CT molecular complexity index is 869. The second-order valence-electron chi connectivity index (χ2n) is 6.84. The molecule has 1 aliphatic rings. The summed E-state index contributed by atoms with van der Waals surface area (Å²) >= 11 is 3.16. The summed E-state index contributed by atoms with van der Waals surface area (Å²) in [5.41, 5.74) is 1.48. The van der Waals surface area contributed by atoms with E-state index in [9.17, 15) is 14.4 Å². The van der Waals surface area contributed by atoms with Gasteiger partial charge < -0.3 is 19.4 Å². The summed E-state index contributed by atoms with van der Waals surface area (Å²) in [7, 11) is 0. The van der Waals surface area contributed by atoms with Gasteiger partial charge >= 0.3 is 5.97 Å². The number of piperidine rings is 1. The summed E-state index contributed by atoms with van der Waals surface area (Å²) in [4.78, 5) is 38.2. The molecular formula is C21H23BrN2O5. The minimum atomic E-state index is -0.344. The van der Waals surface area contributed by atoms with Gasteiger partial charge in [0.15, 0.2) is 10.4 Å². The van der Waals surface area contributed by atoms with Crippen LogP contribution in [0.3, 0.4) is 0 Å². The highest BCUT2D eigenvalue weighted by molar-refractivity contribution is 9.10. The van der Waals surface area contributed by atoms with Crippen molar-refractivity contribution in [1.82, 2.24) is 4.90 Å². The molecule has 0 spiro atoms. The maximum Gasteiger partial charge on any atom is 0.309 e. The molecule has 8 heteroatoms. The quantitative estimate of drug-likeness (QED) is 0.661. The molecule has 1 saturated heterocycles. The first-order valence-corrected chi connectivity index (χ1v) is 10.4. The van der Waals surface area contributed by atoms with Crippen molar-refractivity contribution in [2.75, 3.05) is 25.0 Å². The van der Waals surface area contributed by atoms with E-state index >= 15 is 0 Å². The Labute approximate surface area is 177 Å². The molecule has 1 fully saturated rings. The van der Waals surface area contributed by atoms with Gasteiger partial charge in [0.25, 0.3) is 5.91 Å². The third-order valence-corrected chi connectivity index (χ3v) is 5.26. The van der Waals surface area contributed by atoms with Crippen LogP contribution in [0.2, 0.25) is 0 Å². The molecule has 0 aliphatic carbocycles. The second-order valence-corrected chi connectivity index (χ2v) is 7.62. The molecule has 0 radical (unpaired) electrons. The molecule has 0 atom stereocenters. The average molecular weight is 463 g/mol. The van der Waals surface area contributed by atoms with Gasteiger partial charge in [0.2, 0.25) is 5.91 Å². The van der Waals surface area contributed by atoms with Gasteiger partial charge in [-0.1, -0.05) is 12.1 Å². The maximum atomic E-state index is 12.5. The zero-order valence-electron chi connectivity index (χ0n) is 16.2. The standard InChI is InChI=1S/C21H23BrN2O5/c1-2-28-21(27)15-9-11-24(12-10-15)19(25)13-14-3-5-16(6-4-14)23-20(26)17-7-8-18(22)29-17/h3-8,15H,2,9-13H2,1H3,(H,23,26). The lowest BCUT2D eigenvalue weighted by molar-refractivity contribution is -0.151. The number of likely N-dealkylation sites (tertiary alicyclic amines) is 1. The van der Waals surface area contributed by atoms with E-state index in [1.54, 1.807) is 36.1 Å². The number of nitrogens with zero attached hydrogens (tertiary/aromatic N) is 1. The SMILES string of the molecule is CCOC(=O)C1CCN(C(=O)Cc2ccc(NC(=O)c3ccc(Br)o3)cc2)CC1. The molecule has 0 bridgehead atoms. The second kappa shape index (κ2) is 9.73. The highest BCUT2D eigenvalue weighted by Crippen LogP contribution is 2.20. The molecule has 0 saturated carbocycles. The van der Waals surface area contributed by atoms with Crippen LogP contribution in [0.1, 0.15) is 35.9 Å². The van der Waals surface area contributed by atoms with Gasteiger partial charge in [0.05, 0.1) is 18.9 Å². The van der Waals surface area contributed by atoms with E-state index in [0.717, 1.165) is 5.56 Å². The summed E-state index contributed by atoms with van der Waals surface area (Å²) < 4.78 is 10.8. The van der Waals surface area contributed by atoms with E-state index in [1.165, 1.54) is 0 Å². The number of carbonyl (C=O) groups is 3. The molecule has 0 unspecified atom stereocenters. The van der Waals surface area contributed by atoms with E-state index in [0.29, 0.717) is 42.9 Å². The Balaban J connectivity index is 1.49. The first-order chi connectivity index (χ1) is 14.0. The number of ether oxygens (including phenoxy) is 1. The third-order valence-electron chi connectivity index (χ3n) is 4.83. The fraction of sp³-hybridized carbons (Fsp3) is 0.381. The van der Waals surface area contributed by atoms with Crippen LogP contribution in [0, 0.1) is 5.92 Å². The lowest BCUT2D eigenvalue weighted by Crippen LogP contribution is -2.41. The van der Waals surface area contributed by atoms with Crippen molar-refractivity contribution in [2.24, 2.45) is 5.92 Å². The number of furan rings is 1. The first-order valence-electron chi connectivity index (χ1n) is 9.56. The number of anilines is 1. The van der Waals surface area contributed by atoms with Gasteiger partial charge in [-0.05, 0) is 65.5 Å². The van der Waals surface area contributed by atoms with E-state index in [-0.39, 0.29) is 35.9 Å². The van der Waals surface area contributed by atoms with Crippen molar-refractivity contribution in [2.45, 2.75) is 26.2 Å². The number of hydrogen-bond acceptors (Lipinski definition) is 5. The van der Waals surface area contributed by atoms with Crippen molar-refractivity contribution in [3.05, 3.63) is 52.4 Å². The van der Waals surface area contributed by atoms with Gasteiger partial charge in [0, 0.05) is 18.8 Å². The average Bonchev–Trinajstić information content (AvgIpc) is 3.16. The van der Waals surface area contributed by atoms with Crippen LogP contribution in [0.5, 0.6) is 0 Å². The minimum Gasteiger partial charge on any atom is -0.466 e. The summed E-state index contributed by atoms with van der Waals surface area (Å²) in [6.07, 6.45) is 1.56. The maximum absolute atomic E-state index is 12.5. The number of rotatable bonds is 6. The number of nitrogens with one attached hydrogen (secondary N) is 1. The first kappa shape index (κ1) is 21.1. The summed E-state index contributed by atoms with van der Waals surface area (Å²) in [6.45, 7) is 3.31. The third kappa shape index (κ3) is 5.69. The Morgan fingerprint density at radius 2 is 1.83 bits per heavy atom. The fourth-order valence-corrected chi connectivity index (χ4v) is 3.55. The van der Waals surface area contributed by atoms with Crippen LogP contribution in [0.15, 0.2) is 45.5 Å². The Hall–Kier alpha value is -2.61. The predicted octanol–water partition coefficient (Wildman–Crippen LogP) is 3.64. The normalized spacial score (nSPS) is 14.5. The Morgan fingerprint density at radius 3 is 2.41 bits per heavy atom. The van der Waals surface area contributed by atoms with Crippen LogP contribution in [-0.2, 0) is 20.7 Å². The number of halogens is 1. The molecule has 154 valence electrons. The number of benzene rings is 1. The van der Waals surface area contributed by atoms with Gasteiger partial charge in [-0.15, -0.1) is 0 Å². The molecular weight excluding hydrogens is 440 g/mol. The highest BCUT2D eigenvalue weighted by atomic mass is 79.9. The molecule has 7 nitrogen and oxygen atoms in total. The van der Waals surface area contributed by atoms with Crippen LogP contribution >= 0.6 is 15.9 Å². The molecule has 1 aliphatic heterocycles. The lowest BCUT2D eigenvalue weighted by Gasteiger charge is -2.31. The topological polar surface area (TPSA) is 88.9 Å². The van der Waals surface area contributed by atoms with Crippen molar-refractivity contribution < 1.29 is 23.5 Å². The van der Waals surface area contributed by atoms with Crippen LogP contribution in [-0.4, -0.2) is 42.4 Å². The van der Waals surface area contributed by atoms with Crippen LogP contribution in [0.25, 0.3) is 0 Å². The van der Waals surface area contributed by atoms with Crippen molar-refractivity contribution >= 4 is 39.4 Å². The number of hydrogen-bond donors (Lipinski definition) is 1. The number of amides is 2. The zero-order chi connectivity index (χ0) is 20.8. The van der Waals surface area contributed by atoms with Crippen molar-refractivity contribution in [3.8, 4) is 0 Å². The number of esters is 1. The molecule has 3 rings (SSSR count). The molecule has 29 heavy (non-hydrogen) atoms. The van der Waals surface area contributed by atoms with Gasteiger partial charge in [-0.25, -0.2) is 0 Å².